The van der Waals surface area contributed by atoms with Gasteiger partial charge < -0.3 is 19.9 Å². The molecule has 3 heterocycles. The highest BCUT2D eigenvalue weighted by atomic mass is 16.5. The number of hydrogen-bond acceptors (Lipinski definition) is 6. The summed E-state index contributed by atoms with van der Waals surface area (Å²) in [4.78, 5) is 28.8. The zero-order valence-corrected chi connectivity index (χ0v) is 24.5. The highest BCUT2D eigenvalue weighted by Gasteiger charge is 2.42. The van der Waals surface area contributed by atoms with E-state index in [9.17, 15) is 4.79 Å². The normalized spacial score (nSPS) is 20.1. The molecule has 1 amide bonds. The SMILES string of the molecule is CC1CCN(c2ncc(C(=O)N[C@H](C)c3cccc(N4CCOCC4)c3)c(C3(c4ccccc4)CCCC3)n2)CC1. The Morgan fingerprint density at radius 3 is 2.44 bits per heavy atom. The van der Waals surface area contributed by atoms with Gasteiger partial charge in [-0.1, -0.05) is 62.2 Å². The van der Waals surface area contributed by atoms with Crippen LogP contribution in [0.1, 0.15) is 85.6 Å². The molecule has 1 atom stereocenters. The largest absolute Gasteiger partial charge is 0.378 e. The molecule has 3 aliphatic rings. The van der Waals surface area contributed by atoms with Crippen LogP contribution in [-0.2, 0) is 10.2 Å². The molecule has 2 saturated heterocycles. The molecular weight excluding hydrogens is 510 g/mol. The molecule has 0 bridgehead atoms. The van der Waals surface area contributed by atoms with Gasteiger partial charge in [-0.2, -0.15) is 0 Å². The van der Waals surface area contributed by atoms with E-state index in [4.69, 9.17) is 14.7 Å². The molecule has 6 rings (SSSR count). The van der Waals surface area contributed by atoms with Crippen LogP contribution < -0.4 is 15.1 Å². The van der Waals surface area contributed by atoms with Crippen LogP contribution >= 0.6 is 0 Å². The average molecular weight is 554 g/mol. The Bertz CT molecular complexity index is 1330. The standard InChI is InChI=1S/C34H43N5O2/c1-25-13-17-39(18-14-25)33-35-24-30(31(37-33)34(15-6-7-16-34)28-10-4-3-5-11-28)32(40)36-26(2)27-9-8-12-29(23-27)38-19-21-41-22-20-38/h3-5,8-12,23-26H,6-7,13-22H2,1-2H3,(H,36,40)/t26-/m1/s1. The topological polar surface area (TPSA) is 70.6 Å². The van der Waals surface area contributed by atoms with Gasteiger partial charge in [0.2, 0.25) is 5.95 Å². The number of amides is 1. The summed E-state index contributed by atoms with van der Waals surface area (Å²) in [6, 6.07) is 19.0. The minimum absolute atomic E-state index is 0.106. The summed E-state index contributed by atoms with van der Waals surface area (Å²) in [5.74, 6) is 1.38. The van der Waals surface area contributed by atoms with E-state index in [1.807, 2.05) is 0 Å². The van der Waals surface area contributed by atoms with Crippen molar-refractivity contribution in [3.63, 3.8) is 0 Å². The number of nitrogens with zero attached hydrogens (tertiary/aromatic N) is 4. The van der Waals surface area contributed by atoms with Crippen LogP contribution in [0.3, 0.4) is 0 Å². The predicted octanol–water partition coefficient (Wildman–Crippen LogP) is 5.90. The van der Waals surface area contributed by atoms with E-state index < -0.39 is 0 Å². The lowest BCUT2D eigenvalue weighted by Gasteiger charge is -2.34. The first kappa shape index (κ1) is 27.7. The molecule has 0 unspecified atom stereocenters. The molecule has 1 aromatic heterocycles. The molecule has 2 aromatic carbocycles. The van der Waals surface area contributed by atoms with Crippen molar-refractivity contribution in [3.05, 3.63) is 83.2 Å². The van der Waals surface area contributed by atoms with Gasteiger partial charge >= 0.3 is 0 Å². The van der Waals surface area contributed by atoms with Crippen LogP contribution in [0.15, 0.2) is 60.8 Å². The maximum Gasteiger partial charge on any atom is 0.255 e. The molecule has 0 radical (unpaired) electrons. The van der Waals surface area contributed by atoms with Gasteiger partial charge in [-0.25, -0.2) is 9.97 Å². The van der Waals surface area contributed by atoms with E-state index in [1.165, 1.54) is 11.3 Å². The van der Waals surface area contributed by atoms with Crippen molar-refractivity contribution >= 4 is 17.5 Å². The molecule has 7 heteroatoms. The maximum absolute atomic E-state index is 14.1. The van der Waals surface area contributed by atoms with E-state index in [0.717, 1.165) is 101 Å². The van der Waals surface area contributed by atoms with E-state index >= 15 is 0 Å². The second-order valence-corrected chi connectivity index (χ2v) is 12.1. The molecule has 3 fully saturated rings. The number of carbonyl (C=O) groups is 1. The molecule has 7 nitrogen and oxygen atoms in total. The van der Waals surface area contributed by atoms with E-state index in [2.05, 4.69) is 83.6 Å². The van der Waals surface area contributed by atoms with Gasteiger partial charge in [0.15, 0.2) is 0 Å². The van der Waals surface area contributed by atoms with Crippen molar-refractivity contribution in [1.29, 1.82) is 0 Å². The predicted molar refractivity (Wildman–Crippen MR) is 164 cm³/mol. The lowest BCUT2D eigenvalue weighted by Crippen LogP contribution is -2.37. The summed E-state index contributed by atoms with van der Waals surface area (Å²) in [6.07, 6.45) is 8.31. The zero-order valence-electron chi connectivity index (χ0n) is 24.5. The Morgan fingerprint density at radius 1 is 0.976 bits per heavy atom. The van der Waals surface area contributed by atoms with Crippen molar-refractivity contribution in [1.82, 2.24) is 15.3 Å². The van der Waals surface area contributed by atoms with Gasteiger partial charge in [-0.3, -0.25) is 4.79 Å². The number of hydrogen-bond donors (Lipinski definition) is 1. The van der Waals surface area contributed by atoms with Gasteiger partial charge in [-0.15, -0.1) is 0 Å². The van der Waals surface area contributed by atoms with Gasteiger partial charge in [0, 0.05) is 43.5 Å². The molecule has 216 valence electrons. The summed E-state index contributed by atoms with van der Waals surface area (Å²) < 4.78 is 5.53. The molecule has 41 heavy (non-hydrogen) atoms. The van der Waals surface area contributed by atoms with Crippen LogP contribution in [0, 0.1) is 5.92 Å². The van der Waals surface area contributed by atoms with E-state index in [0.29, 0.717) is 5.56 Å². The maximum atomic E-state index is 14.1. The minimum Gasteiger partial charge on any atom is -0.378 e. The molecule has 1 aliphatic carbocycles. The number of anilines is 2. The summed E-state index contributed by atoms with van der Waals surface area (Å²) in [7, 11) is 0. The van der Waals surface area contributed by atoms with Gasteiger partial charge in [0.1, 0.15) is 0 Å². The Morgan fingerprint density at radius 2 is 1.71 bits per heavy atom. The van der Waals surface area contributed by atoms with E-state index in [1.54, 1.807) is 6.20 Å². The first-order chi connectivity index (χ1) is 20.0. The van der Waals surface area contributed by atoms with Crippen molar-refractivity contribution in [2.24, 2.45) is 5.92 Å². The minimum atomic E-state index is -0.284. The third-order valence-electron chi connectivity index (χ3n) is 9.42. The van der Waals surface area contributed by atoms with Crippen LogP contribution in [0.5, 0.6) is 0 Å². The lowest BCUT2D eigenvalue weighted by molar-refractivity contribution is 0.0936. The molecule has 0 spiro atoms. The second kappa shape index (κ2) is 12.2. The zero-order chi connectivity index (χ0) is 28.2. The first-order valence-corrected chi connectivity index (χ1v) is 15.4. The van der Waals surface area contributed by atoms with Gasteiger partial charge in [-0.05, 0) is 61.8 Å². The quantitative estimate of drug-likeness (QED) is 0.393. The number of piperidine rings is 1. The van der Waals surface area contributed by atoms with Crippen LogP contribution in [0.4, 0.5) is 11.6 Å². The Hall–Kier alpha value is -3.45. The highest BCUT2D eigenvalue weighted by Crippen LogP contribution is 2.47. The first-order valence-electron chi connectivity index (χ1n) is 15.4. The third-order valence-corrected chi connectivity index (χ3v) is 9.42. The number of ether oxygens (including phenoxy) is 1. The average Bonchev–Trinajstić information content (AvgIpc) is 3.53. The molecule has 1 saturated carbocycles. The van der Waals surface area contributed by atoms with Crippen LogP contribution in [0.2, 0.25) is 0 Å². The molecular formula is C34H43N5O2. The van der Waals surface area contributed by atoms with Gasteiger partial charge in [0.25, 0.3) is 5.91 Å². The van der Waals surface area contributed by atoms with Crippen molar-refractivity contribution in [2.75, 3.05) is 49.2 Å². The Balaban J connectivity index is 1.32. The second-order valence-electron chi connectivity index (χ2n) is 12.1. The van der Waals surface area contributed by atoms with E-state index in [-0.39, 0.29) is 17.4 Å². The molecule has 2 aliphatic heterocycles. The smallest absolute Gasteiger partial charge is 0.255 e. The highest BCUT2D eigenvalue weighted by molar-refractivity contribution is 5.96. The van der Waals surface area contributed by atoms with Crippen molar-refractivity contribution in [2.45, 2.75) is 63.8 Å². The summed E-state index contributed by atoms with van der Waals surface area (Å²) in [5.41, 5.74) is 4.70. The van der Waals surface area contributed by atoms with Crippen LogP contribution in [0.25, 0.3) is 0 Å². The number of nitrogens with one attached hydrogen (secondary N) is 1. The van der Waals surface area contributed by atoms with Crippen molar-refractivity contribution < 1.29 is 9.53 Å². The Kier molecular flexibility index (Phi) is 8.24. The summed E-state index contributed by atoms with van der Waals surface area (Å²) in [5, 5.41) is 3.30. The number of carbonyl (C=O) groups excluding carboxylic acids is 1. The van der Waals surface area contributed by atoms with Crippen LogP contribution in [-0.4, -0.2) is 55.3 Å². The monoisotopic (exact) mass is 553 g/mol. The fourth-order valence-electron chi connectivity index (χ4n) is 6.83. The fourth-order valence-corrected chi connectivity index (χ4v) is 6.83. The Labute approximate surface area is 244 Å². The van der Waals surface area contributed by atoms with Crippen molar-refractivity contribution in [3.8, 4) is 0 Å². The fraction of sp³-hybridized carbons (Fsp3) is 0.500. The number of morpholine rings is 1. The summed E-state index contributed by atoms with van der Waals surface area (Å²) in [6.45, 7) is 9.55. The number of aromatic nitrogens is 2. The number of rotatable bonds is 7. The lowest BCUT2D eigenvalue weighted by atomic mass is 9.74. The summed E-state index contributed by atoms with van der Waals surface area (Å²) >= 11 is 0. The van der Waals surface area contributed by atoms with Gasteiger partial charge in [0.05, 0.1) is 30.5 Å². The number of benzene rings is 2. The molecule has 3 aromatic rings. The third kappa shape index (κ3) is 5.82. The molecule has 1 N–H and O–H groups in total.